The lowest BCUT2D eigenvalue weighted by atomic mass is 9.76. The van der Waals surface area contributed by atoms with Crippen molar-refractivity contribution in [2.24, 2.45) is 5.10 Å². The summed E-state index contributed by atoms with van der Waals surface area (Å²) in [5.41, 5.74) is 3.51. The van der Waals surface area contributed by atoms with E-state index in [0.29, 0.717) is 11.6 Å². The number of carbonyl (C=O) groups excluding carboxylic acids is 1. The lowest BCUT2D eigenvalue weighted by molar-refractivity contribution is -0.117. The van der Waals surface area contributed by atoms with Gasteiger partial charge < -0.3 is 5.32 Å². The molecular formula is C24H21BrClN3O. The number of nitrogens with one attached hydrogen (secondary N) is 1. The van der Waals surface area contributed by atoms with E-state index in [1.807, 2.05) is 71.7 Å². The molecular weight excluding hydrogens is 462 g/mol. The van der Waals surface area contributed by atoms with Gasteiger partial charge in [0.2, 0.25) is 5.91 Å². The normalized spacial score (nSPS) is 18.2. The van der Waals surface area contributed by atoms with Crippen LogP contribution in [0.25, 0.3) is 0 Å². The predicted molar refractivity (Wildman–Crippen MR) is 126 cm³/mol. The molecule has 6 heteroatoms. The first-order valence-electron chi connectivity index (χ1n) is 9.65. The van der Waals surface area contributed by atoms with E-state index in [9.17, 15) is 4.79 Å². The Kier molecular flexibility index (Phi) is 5.93. The molecule has 1 unspecified atom stereocenters. The van der Waals surface area contributed by atoms with Gasteiger partial charge in [0.1, 0.15) is 6.54 Å². The zero-order valence-electron chi connectivity index (χ0n) is 16.5. The van der Waals surface area contributed by atoms with E-state index in [1.54, 1.807) is 0 Å². The summed E-state index contributed by atoms with van der Waals surface area (Å²) < 4.78 is 0.968. The van der Waals surface area contributed by atoms with Crippen molar-refractivity contribution in [1.82, 2.24) is 5.01 Å². The number of benzene rings is 3. The van der Waals surface area contributed by atoms with Crippen molar-refractivity contribution in [3.63, 3.8) is 0 Å². The highest BCUT2D eigenvalue weighted by molar-refractivity contribution is 9.10. The van der Waals surface area contributed by atoms with Gasteiger partial charge in [-0.1, -0.05) is 70.0 Å². The third-order valence-electron chi connectivity index (χ3n) is 5.25. The number of hydrogen-bond acceptors (Lipinski definition) is 3. The van der Waals surface area contributed by atoms with E-state index in [-0.39, 0.29) is 17.9 Å². The smallest absolute Gasteiger partial charge is 0.245 e. The highest BCUT2D eigenvalue weighted by atomic mass is 79.9. The molecule has 0 aromatic heterocycles. The van der Waals surface area contributed by atoms with Crippen LogP contribution in [-0.2, 0) is 10.2 Å². The van der Waals surface area contributed by atoms with Crippen LogP contribution in [0.3, 0.4) is 0 Å². The van der Waals surface area contributed by atoms with Crippen LogP contribution in [0.15, 0.2) is 88.4 Å². The molecule has 1 heterocycles. The lowest BCUT2D eigenvalue weighted by Crippen LogP contribution is -2.38. The van der Waals surface area contributed by atoms with Crippen LogP contribution >= 0.6 is 27.5 Å². The molecule has 0 spiro atoms. The van der Waals surface area contributed by atoms with Gasteiger partial charge in [-0.25, -0.2) is 0 Å². The average Bonchev–Trinajstić information content (AvgIpc) is 3.08. The summed E-state index contributed by atoms with van der Waals surface area (Å²) in [4.78, 5) is 12.6. The third kappa shape index (κ3) is 4.42. The zero-order valence-corrected chi connectivity index (χ0v) is 18.8. The van der Waals surface area contributed by atoms with Crippen molar-refractivity contribution in [2.75, 3.05) is 18.4 Å². The van der Waals surface area contributed by atoms with E-state index in [0.717, 1.165) is 27.0 Å². The maximum Gasteiger partial charge on any atom is 0.245 e. The molecule has 0 aliphatic carbocycles. The number of carbonyl (C=O) groups is 1. The van der Waals surface area contributed by atoms with Crippen LogP contribution in [-0.4, -0.2) is 29.7 Å². The van der Waals surface area contributed by atoms with Crippen LogP contribution in [0.2, 0.25) is 5.02 Å². The second kappa shape index (κ2) is 8.62. The van der Waals surface area contributed by atoms with Gasteiger partial charge in [0, 0.05) is 15.2 Å². The topological polar surface area (TPSA) is 44.7 Å². The van der Waals surface area contributed by atoms with Crippen LogP contribution in [0, 0.1) is 0 Å². The molecule has 1 N–H and O–H groups in total. The number of amides is 1. The molecule has 3 aromatic rings. The van der Waals surface area contributed by atoms with Crippen molar-refractivity contribution in [2.45, 2.75) is 12.3 Å². The first kappa shape index (κ1) is 20.6. The number of nitrogens with zero attached hydrogens (tertiary/aromatic N) is 2. The Morgan fingerprint density at radius 2 is 1.73 bits per heavy atom. The highest BCUT2D eigenvalue weighted by Crippen LogP contribution is 2.35. The summed E-state index contributed by atoms with van der Waals surface area (Å²) >= 11 is 9.49. The first-order chi connectivity index (χ1) is 14.4. The van der Waals surface area contributed by atoms with E-state index in [4.69, 9.17) is 16.7 Å². The molecule has 0 radical (unpaired) electrons. The first-order valence-corrected chi connectivity index (χ1v) is 10.8. The fourth-order valence-electron chi connectivity index (χ4n) is 3.74. The average molecular weight is 483 g/mol. The summed E-state index contributed by atoms with van der Waals surface area (Å²) in [5.74, 6) is -0.103. The monoisotopic (exact) mass is 481 g/mol. The number of halogens is 2. The third-order valence-corrected chi connectivity index (χ3v) is 6.03. The Hall–Kier alpha value is -2.63. The Morgan fingerprint density at radius 1 is 1.07 bits per heavy atom. The second-order valence-corrected chi connectivity index (χ2v) is 8.88. The summed E-state index contributed by atoms with van der Waals surface area (Å²) in [7, 11) is 0. The molecule has 0 saturated carbocycles. The molecule has 4 nitrogen and oxygen atoms in total. The Labute approximate surface area is 189 Å². The Balaban J connectivity index is 1.59. The molecule has 1 aliphatic heterocycles. The van der Waals surface area contributed by atoms with Crippen LogP contribution in [0.4, 0.5) is 5.69 Å². The fraction of sp³-hybridized carbons (Fsp3) is 0.167. The van der Waals surface area contributed by atoms with Gasteiger partial charge >= 0.3 is 0 Å². The van der Waals surface area contributed by atoms with Crippen molar-refractivity contribution >= 4 is 44.8 Å². The molecule has 0 saturated heterocycles. The summed E-state index contributed by atoms with van der Waals surface area (Å²) in [6.07, 6.45) is 0. The minimum absolute atomic E-state index is 0.103. The fourth-order valence-corrected chi connectivity index (χ4v) is 4.13. The molecule has 0 fully saturated rings. The van der Waals surface area contributed by atoms with Crippen LogP contribution in [0.5, 0.6) is 0 Å². The summed E-state index contributed by atoms with van der Waals surface area (Å²) in [5, 5.41) is 10.3. The van der Waals surface area contributed by atoms with E-state index < -0.39 is 0 Å². The van der Waals surface area contributed by atoms with Crippen molar-refractivity contribution < 1.29 is 4.79 Å². The SMILES string of the molecule is CC1(c2ccccc2)CN(CC(=O)Nc2ccc(Br)cc2)N=C1c1ccc(Cl)cc1. The number of rotatable bonds is 5. The number of anilines is 1. The largest absolute Gasteiger partial charge is 0.324 e. The standard InChI is InChI=1S/C24H21BrClN3O/c1-24(18-5-3-2-4-6-18)16-29(28-23(24)17-7-11-20(26)12-8-17)15-22(30)27-21-13-9-19(25)10-14-21/h2-14H,15-16H2,1H3,(H,27,30). The van der Waals surface area contributed by atoms with Crippen molar-refractivity contribution in [1.29, 1.82) is 0 Å². The van der Waals surface area contributed by atoms with Gasteiger partial charge in [0.05, 0.1) is 17.7 Å². The molecule has 1 aliphatic rings. The maximum atomic E-state index is 12.6. The lowest BCUT2D eigenvalue weighted by Gasteiger charge is -2.27. The second-order valence-electron chi connectivity index (χ2n) is 7.53. The van der Waals surface area contributed by atoms with Crippen LogP contribution in [0.1, 0.15) is 18.1 Å². The van der Waals surface area contributed by atoms with Crippen molar-refractivity contribution in [3.05, 3.63) is 99.5 Å². The highest BCUT2D eigenvalue weighted by Gasteiger charge is 2.41. The van der Waals surface area contributed by atoms with E-state index in [2.05, 4.69) is 40.3 Å². The van der Waals surface area contributed by atoms with Gasteiger partial charge in [-0.2, -0.15) is 5.10 Å². The molecule has 1 amide bonds. The number of hydrazone groups is 1. The van der Waals surface area contributed by atoms with E-state index in [1.165, 1.54) is 0 Å². The van der Waals surface area contributed by atoms with Gasteiger partial charge in [0.25, 0.3) is 0 Å². The summed E-state index contributed by atoms with van der Waals surface area (Å²) in [6, 6.07) is 25.5. The minimum Gasteiger partial charge on any atom is -0.324 e. The molecule has 1 atom stereocenters. The van der Waals surface area contributed by atoms with Gasteiger partial charge in [0.15, 0.2) is 0 Å². The van der Waals surface area contributed by atoms with E-state index >= 15 is 0 Å². The Bertz CT molecular complexity index is 1070. The molecule has 0 bridgehead atoms. The van der Waals surface area contributed by atoms with Gasteiger partial charge in [-0.05, 0) is 54.4 Å². The number of hydrogen-bond donors (Lipinski definition) is 1. The molecule has 4 rings (SSSR count). The summed E-state index contributed by atoms with van der Waals surface area (Å²) in [6.45, 7) is 2.96. The molecule has 152 valence electrons. The predicted octanol–water partition coefficient (Wildman–Crippen LogP) is 5.72. The van der Waals surface area contributed by atoms with Gasteiger partial charge in [-0.15, -0.1) is 0 Å². The molecule has 30 heavy (non-hydrogen) atoms. The maximum absolute atomic E-state index is 12.6. The van der Waals surface area contributed by atoms with Gasteiger partial charge in [-0.3, -0.25) is 9.80 Å². The Morgan fingerprint density at radius 3 is 2.40 bits per heavy atom. The van der Waals surface area contributed by atoms with Crippen molar-refractivity contribution in [3.8, 4) is 0 Å². The minimum atomic E-state index is -0.340. The molecule has 3 aromatic carbocycles. The zero-order chi connectivity index (χ0) is 21.1. The quantitative estimate of drug-likeness (QED) is 0.505. The van der Waals surface area contributed by atoms with Crippen LogP contribution < -0.4 is 5.32 Å².